The zero-order valence-corrected chi connectivity index (χ0v) is 16.1. The third-order valence-electron chi connectivity index (χ3n) is 4.82. The standard InChI is InChI=1S/C18H24N4O3S/c1-12-7-4-5-9-16(12)19-18(23)15-8-6-10-22(11-15)26(24,25)17-13(2)20-21-14(17)3/h4-5,7,9,15H,6,8,10-11H2,1-3H3,(H,19,23)(H,20,21). The fourth-order valence-electron chi connectivity index (χ4n) is 3.37. The van der Waals surface area contributed by atoms with E-state index >= 15 is 0 Å². The number of hydrogen-bond acceptors (Lipinski definition) is 4. The molecule has 2 heterocycles. The molecule has 1 fully saturated rings. The summed E-state index contributed by atoms with van der Waals surface area (Å²) in [5.74, 6) is -0.509. The highest BCUT2D eigenvalue weighted by molar-refractivity contribution is 7.89. The lowest BCUT2D eigenvalue weighted by molar-refractivity contribution is -0.120. The lowest BCUT2D eigenvalue weighted by atomic mass is 9.98. The molecule has 2 N–H and O–H groups in total. The molecule has 1 aliphatic rings. The van der Waals surface area contributed by atoms with E-state index in [1.165, 1.54) is 4.31 Å². The van der Waals surface area contributed by atoms with Crippen LogP contribution in [0.15, 0.2) is 29.2 Å². The van der Waals surface area contributed by atoms with Crippen molar-refractivity contribution in [3.63, 3.8) is 0 Å². The Kier molecular flexibility index (Phi) is 5.15. The Hall–Kier alpha value is -2.19. The van der Waals surface area contributed by atoms with Crippen LogP contribution in [0.5, 0.6) is 0 Å². The molecule has 26 heavy (non-hydrogen) atoms. The number of sulfonamides is 1. The predicted octanol–water partition coefficient (Wildman–Crippen LogP) is 2.37. The van der Waals surface area contributed by atoms with E-state index in [2.05, 4.69) is 15.5 Å². The Balaban J connectivity index is 1.77. The number of para-hydroxylation sites is 1. The van der Waals surface area contributed by atoms with E-state index in [1.807, 2.05) is 31.2 Å². The first-order chi connectivity index (χ1) is 12.3. The van der Waals surface area contributed by atoms with Crippen LogP contribution in [0.4, 0.5) is 5.69 Å². The van der Waals surface area contributed by atoms with Crippen LogP contribution in [0.25, 0.3) is 0 Å². The summed E-state index contributed by atoms with van der Waals surface area (Å²) in [6.45, 7) is 5.89. The average molecular weight is 376 g/mol. The molecule has 0 spiro atoms. The van der Waals surface area contributed by atoms with E-state index in [1.54, 1.807) is 13.8 Å². The summed E-state index contributed by atoms with van der Waals surface area (Å²) in [5, 5.41) is 9.64. The minimum Gasteiger partial charge on any atom is -0.326 e. The molecule has 1 aromatic carbocycles. The number of aryl methyl sites for hydroxylation is 3. The Morgan fingerprint density at radius 3 is 2.65 bits per heavy atom. The first kappa shape index (κ1) is 18.6. The Morgan fingerprint density at radius 2 is 2.00 bits per heavy atom. The van der Waals surface area contributed by atoms with Crippen LogP contribution in [0.1, 0.15) is 29.8 Å². The molecule has 140 valence electrons. The van der Waals surface area contributed by atoms with Crippen molar-refractivity contribution in [2.24, 2.45) is 5.92 Å². The fourth-order valence-corrected chi connectivity index (χ4v) is 5.23. The van der Waals surface area contributed by atoms with Gasteiger partial charge in [0.2, 0.25) is 15.9 Å². The van der Waals surface area contributed by atoms with Gasteiger partial charge in [-0.2, -0.15) is 9.40 Å². The van der Waals surface area contributed by atoms with Crippen LogP contribution in [0.3, 0.4) is 0 Å². The second kappa shape index (κ2) is 7.20. The number of aromatic nitrogens is 2. The van der Waals surface area contributed by atoms with Crippen molar-refractivity contribution >= 4 is 21.6 Å². The molecule has 1 unspecified atom stereocenters. The number of nitrogens with zero attached hydrogens (tertiary/aromatic N) is 2. The number of carbonyl (C=O) groups excluding carboxylic acids is 1. The quantitative estimate of drug-likeness (QED) is 0.856. The molecule has 0 aliphatic carbocycles. The van der Waals surface area contributed by atoms with Crippen LogP contribution in [-0.2, 0) is 14.8 Å². The van der Waals surface area contributed by atoms with Gasteiger partial charge in [0.05, 0.1) is 17.3 Å². The Morgan fingerprint density at radius 1 is 1.27 bits per heavy atom. The van der Waals surface area contributed by atoms with Gasteiger partial charge in [-0.3, -0.25) is 9.89 Å². The summed E-state index contributed by atoms with van der Waals surface area (Å²) in [4.78, 5) is 12.9. The highest BCUT2D eigenvalue weighted by Crippen LogP contribution is 2.27. The maximum Gasteiger partial charge on any atom is 0.246 e. The number of rotatable bonds is 4. The van der Waals surface area contributed by atoms with Gasteiger partial charge in [0, 0.05) is 18.8 Å². The zero-order valence-electron chi connectivity index (χ0n) is 15.2. The molecule has 8 heteroatoms. The highest BCUT2D eigenvalue weighted by atomic mass is 32.2. The summed E-state index contributed by atoms with van der Waals surface area (Å²) >= 11 is 0. The second-order valence-electron chi connectivity index (χ2n) is 6.77. The SMILES string of the molecule is Cc1ccccc1NC(=O)C1CCCN(S(=O)(=O)c2c(C)n[nH]c2C)C1. The van der Waals surface area contributed by atoms with Crippen molar-refractivity contribution in [2.45, 2.75) is 38.5 Å². The molecule has 1 aromatic heterocycles. The van der Waals surface area contributed by atoms with E-state index < -0.39 is 10.0 Å². The maximum absolute atomic E-state index is 13.0. The number of anilines is 1. The number of benzene rings is 1. The number of amides is 1. The summed E-state index contributed by atoms with van der Waals surface area (Å²) in [6, 6.07) is 7.56. The van der Waals surface area contributed by atoms with Crippen LogP contribution >= 0.6 is 0 Å². The van der Waals surface area contributed by atoms with Gasteiger partial charge in [0.1, 0.15) is 4.90 Å². The van der Waals surface area contributed by atoms with Gasteiger partial charge in [-0.1, -0.05) is 18.2 Å². The van der Waals surface area contributed by atoms with Crippen LogP contribution in [0.2, 0.25) is 0 Å². The fraction of sp³-hybridized carbons (Fsp3) is 0.444. The van der Waals surface area contributed by atoms with Gasteiger partial charge in [-0.15, -0.1) is 0 Å². The number of carbonyl (C=O) groups is 1. The van der Waals surface area contributed by atoms with Crippen molar-refractivity contribution in [1.29, 1.82) is 0 Å². The molecular weight excluding hydrogens is 352 g/mol. The molecule has 1 aliphatic heterocycles. The van der Waals surface area contributed by atoms with Gasteiger partial charge in [0.25, 0.3) is 0 Å². The van der Waals surface area contributed by atoms with Crippen molar-refractivity contribution in [3.05, 3.63) is 41.2 Å². The molecule has 2 aromatic rings. The molecule has 3 rings (SSSR count). The normalized spacial score (nSPS) is 18.7. The number of piperidine rings is 1. The topological polar surface area (TPSA) is 95.2 Å². The van der Waals surface area contributed by atoms with Gasteiger partial charge >= 0.3 is 0 Å². The maximum atomic E-state index is 13.0. The van der Waals surface area contributed by atoms with Crippen LogP contribution < -0.4 is 5.32 Å². The molecule has 1 atom stereocenters. The van der Waals surface area contributed by atoms with Crippen molar-refractivity contribution in [1.82, 2.24) is 14.5 Å². The number of H-pyrrole nitrogens is 1. The van der Waals surface area contributed by atoms with E-state index in [0.29, 0.717) is 30.8 Å². The van der Waals surface area contributed by atoms with E-state index in [4.69, 9.17) is 0 Å². The molecule has 1 saturated heterocycles. The predicted molar refractivity (Wildman–Crippen MR) is 99.4 cm³/mol. The van der Waals surface area contributed by atoms with E-state index in [0.717, 1.165) is 11.3 Å². The minimum absolute atomic E-state index is 0.139. The largest absolute Gasteiger partial charge is 0.326 e. The molecular formula is C18H24N4O3S. The molecule has 0 radical (unpaired) electrons. The summed E-state index contributed by atoms with van der Waals surface area (Å²) in [7, 11) is -3.67. The van der Waals surface area contributed by atoms with Crippen LogP contribution in [0, 0.1) is 26.7 Å². The van der Waals surface area contributed by atoms with Crippen molar-refractivity contribution < 1.29 is 13.2 Å². The minimum atomic E-state index is -3.67. The first-order valence-corrected chi connectivity index (χ1v) is 10.1. The number of hydrogen-bond donors (Lipinski definition) is 2. The van der Waals surface area contributed by atoms with Gasteiger partial charge in [-0.05, 0) is 45.2 Å². The van der Waals surface area contributed by atoms with Gasteiger partial charge in [0.15, 0.2) is 0 Å². The molecule has 0 saturated carbocycles. The Bertz CT molecular complexity index is 901. The lowest BCUT2D eigenvalue weighted by Gasteiger charge is -2.31. The van der Waals surface area contributed by atoms with Crippen LogP contribution in [-0.4, -0.2) is 41.9 Å². The monoisotopic (exact) mass is 376 g/mol. The first-order valence-electron chi connectivity index (χ1n) is 8.69. The summed E-state index contributed by atoms with van der Waals surface area (Å²) in [6.07, 6.45) is 1.33. The molecule has 7 nitrogen and oxygen atoms in total. The lowest BCUT2D eigenvalue weighted by Crippen LogP contribution is -2.44. The van der Waals surface area contributed by atoms with Crippen molar-refractivity contribution in [3.8, 4) is 0 Å². The highest BCUT2D eigenvalue weighted by Gasteiger charge is 2.35. The van der Waals surface area contributed by atoms with Gasteiger partial charge < -0.3 is 5.32 Å². The van der Waals surface area contributed by atoms with E-state index in [9.17, 15) is 13.2 Å². The third kappa shape index (κ3) is 3.52. The summed E-state index contributed by atoms with van der Waals surface area (Å²) < 4.78 is 27.4. The van der Waals surface area contributed by atoms with Gasteiger partial charge in [-0.25, -0.2) is 8.42 Å². The second-order valence-corrected chi connectivity index (χ2v) is 8.64. The smallest absolute Gasteiger partial charge is 0.246 e. The Labute approximate surface area is 153 Å². The average Bonchev–Trinajstić information content (AvgIpc) is 2.96. The van der Waals surface area contributed by atoms with E-state index in [-0.39, 0.29) is 23.3 Å². The molecule has 0 bridgehead atoms. The van der Waals surface area contributed by atoms with Crippen molar-refractivity contribution in [2.75, 3.05) is 18.4 Å². The summed E-state index contributed by atoms with van der Waals surface area (Å²) in [5.41, 5.74) is 2.72. The third-order valence-corrected chi connectivity index (χ3v) is 6.95. The zero-order chi connectivity index (χ0) is 18.9. The number of nitrogens with one attached hydrogen (secondary N) is 2. The molecule has 1 amide bonds. The number of aromatic amines is 1.